The van der Waals surface area contributed by atoms with E-state index in [9.17, 15) is 0 Å². The van der Waals surface area contributed by atoms with Crippen molar-refractivity contribution in [2.45, 2.75) is 39.2 Å². The maximum Gasteiger partial charge on any atom is 0.125 e. The molecule has 0 saturated carbocycles. The van der Waals surface area contributed by atoms with Gasteiger partial charge >= 0.3 is 0 Å². The highest BCUT2D eigenvalue weighted by atomic mass is 16.5. The highest BCUT2D eigenvalue weighted by Gasteiger charge is 2.19. The zero-order chi connectivity index (χ0) is 12.3. The predicted molar refractivity (Wildman–Crippen MR) is 71.7 cm³/mol. The zero-order valence-corrected chi connectivity index (χ0v) is 11.2. The number of likely N-dealkylation sites (N-methyl/N-ethyl adjacent to an activating group) is 1. The van der Waals surface area contributed by atoms with Crippen molar-refractivity contribution in [1.82, 2.24) is 4.90 Å². The summed E-state index contributed by atoms with van der Waals surface area (Å²) in [4.78, 5) is 2.43. The molecule has 17 heavy (non-hydrogen) atoms. The lowest BCUT2D eigenvalue weighted by Gasteiger charge is -2.32. The van der Waals surface area contributed by atoms with E-state index in [1.165, 1.54) is 36.9 Å². The lowest BCUT2D eigenvalue weighted by Crippen LogP contribution is -2.40. The van der Waals surface area contributed by atoms with Gasteiger partial charge in [0.05, 0.1) is 0 Å². The van der Waals surface area contributed by atoms with Gasteiger partial charge in [0.2, 0.25) is 0 Å². The first-order chi connectivity index (χ1) is 8.18. The molecule has 0 spiro atoms. The van der Waals surface area contributed by atoms with E-state index in [4.69, 9.17) is 4.74 Å². The fourth-order valence-corrected chi connectivity index (χ4v) is 2.56. The van der Waals surface area contributed by atoms with Gasteiger partial charge in [-0.05, 0) is 51.4 Å². The molecule has 0 radical (unpaired) electrons. The first kappa shape index (κ1) is 12.4. The molecule has 0 N–H and O–H groups in total. The molecule has 1 aliphatic heterocycles. The second-order valence-electron chi connectivity index (χ2n) is 5.16. The number of piperidine rings is 1. The van der Waals surface area contributed by atoms with Crippen LogP contribution in [0.4, 0.5) is 0 Å². The van der Waals surface area contributed by atoms with E-state index in [1.807, 2.05) is 0 Å². The van der Waals surface area contributed by atoms with Gasteiger partial charge in [0.1, 0.15) is 12.4 Å². The predicted octanol–water partition coefficient (Wildman–Crippen LogP) is 3.17. The van der Waals surface area contributed by atoms with Crippen LogP contribution in [0.1, 0.15) is 30.4 Å². The summed E-state index contributed by atoms with van der Waals surface area (Å²) in [6, 6.07) is 6.91. The lowest BCUT2D eigenvalue weighted by molar-refractivity contribution is 0.124. The zero-order valence-electron chi connectivity index (χ0n) is 11.2. The topological polar surface area (TPSA) is 12.5 Å². The minimum Gasteiger partial charge on any atom is -0.491 e. The number of ether oxygens (including phenoxy) is 1. The Morgan fingerprint density at radius 2 is 1.94 bits per heavy atom. The second kappa shape index (κ2) is 5.54. The van der Waals surface area contributed by atoms with Gasteiger partial charge < -0.3 is 9.64 Å². The third-order valence-electron chi connectivity index (χ3n) is 3.75. The quantitative estimate of drug-likeness (QED) is 0.795. The van der Waals surface area contributed by atoms with Crippen molar-refractivity contribution in [3.63, 3.8) is 0 Å². The Kier molecular flexibility index (Phi) is 4.06. The van der Waals surface area contributed by atoms with Crippen LogP contribution in [0.15, 0.2) is 18.2 Å². The molecule has 1 aliphatic rings. The van der Waals surface area contributed by atoms with E-state index in [2.05, 4.69) is 44.0 Å². The summed E-state index contributed by atoms with van der Waals surface area (Å²) >= 11 is 0. The summed E-state index contributed by atoms with van der Waals surface area (Å²) in [5, 5.41) is 0. The van der Waals surface area contributed by atoms with Crippen LogP contribution in [-0.4, -0.2) is 31.1 Å². The number of aryl methyl sites for hydroxylation is 2. The van der Waals surface area contributed by atoms with Gasteiger partial charge in [0, 0.05) is 6.04 Å². The molecular weight excluding hydrogens is 210 g/mol. The summed E-state index contributed by atoms with van der Waals surface area (Å²) in [5.74, 6) is 1.08. The third-order valence-corrected chi connectivity index (χ3v) is 3.75. The van der Waals surface area contributed by atoms with E-state index < -0.39 is 0 Å². The Hall–Kier alpha value is -1.02. The number of rotatable bonds is 3. The molecule has 94 valence electrons. The fraction of sp³-hybridized carbons (Fsp3) is 0.600. The molecule has 0 amide bonds. The maximum absolute atomic E-state index is 6.04. The molecule has 0 aromatic heterocycles. The average molecular weight is 233 g/mol. The van der Waals surface area contributed by atoms with Crippen molar-refractivity contribution in [1.29, 1.82) is 0 Å². The molecule has 1 aromatic rings. The van der Waals surface area contributed by atoms with Crippen molar-refractivity contribution in [2.24, 2.45) is 0 Å². The maximum atomic E-state index is 6.04. The Balaban J connectivity index is 1.97. The molecule has 2 heteroatoms. The normalized spacial score (nSPS) is 21.5. The van der Waals surface area contributed by atoms with E-state index >= 15 is 0 Å². The smallest absolute Gasteiger partial charge is 0.125 e. The van der Waals surface area contributed by atoms with Gasteiger partial charge in [-0.1, -0.05) is 24.6 Å². The molecule has 2 rings (SSSR count). The van der Waals surface area contributed by atoms with Crippen LogP contribution in [0.2, 0.25) is 0 Å². The van der Waals surface area contributed by atoms with Crippen LogP contribution >= 0.6 is 0 Å². The van der Waals surface area contributed by atoms with Gasteiger partial charge in [0.15, 0.2) is 0 Å². The fourth-order valence-electron chi connectivity index (χ4n) is 2.56. The molecule has 1 heterocycles. The molecule has 1 fully saturated rings. The first-order valence-electron chi connectivity index (χ1n) is 6.57. The number of likely N-dealkylation sites (tertiary alicyclic amines) is 1. The SMILES string of the molecule is Cc1cccc(C)c1OC[C@@H]1CCCCN1C. The first-order valence-corrected chi connectivity index (χ1v) is 6.57. The van der Waals surface area contributed by atoms with Gasteiger partial charge in [-0.2, -0.15) is 0 Å². The standard InChI is InChI=1S/C15H23NO/c1-12-7-6-8-13(2)15(12)17-11-14-9-4-5-10-16(14)3/h6-8,14H,4-5,9-11H2,1-3H3/t14-/m0/s1. The van der Waals surface area contributed by atoms with Crippen molar-refractivity contribution in [3.8, 4) is 5.75 Å². The van der Waals surface area contributed by atoms with E-state index in [1.54, 1.807) is 0 Å². The van der Waals surface area contributed by atoms with Gasteiger partial charge in [-0.15, -0.1) is 0 Å². The van der Waals surface area contributed by atoms with Gasteiger partial charge in [-0.3, -0.25) is 0 Å². The number of para-hydroxylation sites is 1. The Labute approximate surface area is 105 Å². The lowest BCUT2D eigenvalue weighted by atomic mass is 10.0. The van der Waals surface area contributed by atoms with E-state index in [0.717, 1.165) is 12.4 Å². The van der Waals surface area contributed by atoms with Crippen molar-refractivity contribution in [3.05, 3.63) is 29.3 Å². The summed E-state index contributed by atoms with van der Waals surface area (Å²) in [7, 11) is 2.21. The van der Waals surface area contributed by atoms with Crippen LogP contribution in [0.25, 0.3) is 0 Å². The summed E-state index contributed by atoms with van der Waals surface area (Å²) in [6.45, 7) is 6.27. The molecule has 1 saturated heterocycles. The molecule has 2 nitrogen and oxygen atoms in total. The van der Waals surface area contributed by atoms with Crippen LogP contribution in [0.3, 0.4) is 0 Å². The van der Waals surface area contributed by atoms with Crippen LogP contribution in [0, 0.1) is 13.8 Å². The number of benzene rings is 1. The highest BCUT2D eigenvalue weighted by molar-refractivity contribution is 5.39. The van der Waals surface area contributed by atoms with Crippen molar-refractivity contribution < 1.29 is 4.74 Å². The van der Waals surface area contributed by atoms with Crippen molar-refractivity contribution in [2.75, 3.05) is 20.2 Å². The second-order valence-corrected chi connectivity index (χ2v) is 5.16. The number of hydrogen-bond donors (Lipinski definition) is 0. The van der Waals surface area contributed by atoms with Crippen LogP contribution in [-0.2, 0) is 0 Å². The molecule has 0 bridgehead atoms. The number of hydrogen-bond acceptors (Lipinski definition) is 2. The van der Waals surface area contributed by atoms with E-state index in [0.29, 0.717) is 6.04 Å². The van der Waals surface area contributed by atoms with Gasteiger partial charge in [0.25, 0.3) is 0 Å². The summed E-state index contributed by atoms with van der Waals surface area (Å²) < 4.78 is 6.04. The summed E-state index contributed by atoms with van der Waals surface area (Å²) in [6.07, 6.45) is 3.93. The molecule has 1 aromatic carbocycles. The summed E-state index contributed by atoms with van der Waals surface area (Å²) in [5.41, 5.74) is 2.48. The molecule has 1 atom stereocenters. The largest absolute Gasteiger partial charge is 0.491 e. The van der Waals surface area contributed by atoms with Crippen LogP contribution in [0.5, 0.6) is 5.75 Å². The van der Waals surface area contributed by atoms with Crippen LogP contribution < -0.4 is 4.74 Å². The Bertz CT molecular complexity index is 355. The average Bonchev–Trinajstić information content (AvgIpc) is 2.30. The molecular formula is C15H23NO. The van der Waals surface area contributed by atoms with Gasteiger partial charge in [-0.25, -0.2) is 0 Å². The highest BCUT2D eigenvalue weighted by Crippen LogP contribution is 2.24. The Morgan fingerprint density at radius 1 is 1.24 bits per heavy atom. The van der Waals surface area contributed by atoms with Crippen molar-refractivity contribution >= 4 is 0 Å². The minimum absolute atomic E-state index is 0.586. The Morgan fingerprint density at radius 3 is 2.59 bits per heavy atom. The monoisotopic (exact) mass is 233 g/mol. The van der Waals surface area contributed by atoms with E-state index in [-0.39, 0.29) is 0 Å². The number of nitrogens with zero attached hydrogens (tertiary/aromatic N) is 1. The molecule has 0 unspecified atom stereocenters. The molecule has 0 aliphatic carbocycles. The minimum atomic E-state index is 0.586. The third kappa shape index (κ3) is 3.01.